The highest BCUT2D eigenvalue weighted by Crippen LogP contribution is 2.07. The Bertz CT molecular complexity index is 621. The van der Waals surface area contributed by atoms with Crippen LogP contribution in [0.3, 0.4) is 0 Å². The summed E-state index contributed by atoms with van der Waals surface area (Å²) in [6, 6.07) is 2.00. The van der Waals surface area contributed by atoms with Gasteiger partial charge in [-0.1, -0.05) is 12.7 Å². The number of hydrogen-bond donors (Lipinski definition) is 0. The molecule has 0 atom stereocenters. The van der Waals surface area contributed by atoms with Crippen molar-refractivity contribution in [1.29, 1.82) is 0 Å². The van der Waals surface area contributed by atoms with Crippen molar-refractivity contribution in [3.8, 4) is 0 Å². The fourth-order valence-corrected chi connectivity index (χ4v) is 2.31. The second-order valence-electron chi connectivity index (χ2n) is 5.29. The van der Waals surface area contributed by atoms with E-state index in [9.17, 15) is 4.79 Å². The van der Waals surface area contributed by atoms with Crippen LogP contribution in [-0.4, -0.2) is 47.4 Å². The molecular formula is C18H27N3O. The van der Waals surface area contributed by atoms with Crippen LogP contribution in [0, 0.1) is 0 Å². The highest BCUT2D eigenvalue weighted by molar-refractivity contribution is 5.72. The highest BCUT2D eigenvalue weighted by atomic mass is 16.2. The van der Waals surface area contributed by atoms with E-state index in [1.807, 2.05) is 26.1 Å². The van der Waals surface area contributed by atoms with Crippen molar-refractivity contribution in [2.75, 3.05) is 26.7 Å². The second-order valence-corrected chi connectivity index (χ2v) is 5.29. The van der Waals surface area contributed by atoms with Crippen molar-refractivity contribution in [3.63, 3.8) is 0 Å². The van der Waals surface area contributed by atoms with Gasteiger partial charge in [-0.25, -0.2) is 0 Å². The van der Waals surface area contributed by atoms with Gasteiger partial charge in [0.15, 0.2) is 0 Å². The first-order valence-electron chi connectivity index (χ1n) is 7.73. The van der Waals surface area contributed by atoms with Crippen LogP contribution in [0.25, 0.3) is 12.3 Å². The van der Waals surface area contributed by atoms with E-state index in [2.05, 4.69) is 29.5 Å². The molecule has 0 aromatic carbocycles. The SMILES string of the molecule is C=c1cncc/c1=C(/C=C\C)N(CC)CCCN(C)C(C)=O. The van der Waals surface area contributed by atoms with Crippen LogP contribution in [0.2, 0.25) is 0 Å². The van der Waals surface area contributed by atoms with E-state index in [1.165, 1.54) is 0 Å². The maximum absolute atomic E-state index is 11.3. The van der Waals surface area contributed by atoms with Gasteiger partial charge in [-0.2, -0.15) is 0 Å². The van der Waals surface area contributed by atoms with Crippen LogP contribution in [0.1, 0.15) is 27.2 Å². The number of nitrogens with zero attached hydrogens (tertiary/aromatic N) is 3. The van der Waals surface area contributed by atoms with Gasteiger partial charge in [-0.3, -0.25) is 9.78 Å². The molecule has 0 N–H and O–H groups in total. The summed E-state index contributed by atoms with van der Waals surface area (Å²) in [5.74, 6) is 0.106. The molecule has 0 aliphatic heterocycles. The topological polar surface area (TPSA) is 36.4 Å². The number of carbonyl (C=O) groups excluding carboxylic acids is 1. The van der Waals surface area contributed by atoms with Crippen LogP contribution in [0.15, 0.2) is 30.6 Å². The quantitative estimate of drug-likeness (QED) is 0.763. The average molecular weight is 301 g/mol. The van der Waals surface area contributed by atoms with Crippen LogP contribution < -0.4 is 10.4 Å². The summed E-state index contributed by atoms with van der Waals surface area (Å²) in [7, 11) is 1.84. The molecule has 0 fully saturated rings. The molecule has 4 heteroatoms. The summed E-state index contributed by atoms with van der Waals surface area (Å²) in [5.41, 5.74) is 1.16. The molecule has 0 radical (unpaired) electrons. The largest absolute Gasteiger partial charge is 0.371 e. The van der Waals surface area contributed by atoms with E-state index in [1.54, 1.807) is 24.2 Å². The van der Waals surface area contributed by atoms with Gasteiger partial charge >= 0.3 is 0 Å². The lowest BCUT2D eigenvalue weighted by atomic mass is 10.2. The number of carbonyl (C=O) groups is 1. The van der Waals surface area contributed by atoms with Gasteiger partial charge in [0, 0.05) is 56.9 Å². The van der Waals surface area contributed by atoms with Crippen LogP contribution in [0.4, 0.5) is 0 Å². The van der Waals surface area contributed by atoms with Crippen molar-refractivity contribution >= 4 is 18.2 Å². The van der Waals surface area contributed by atoms with Gasteiger partial charge in [0.2, 0.25) is 5.91 Å². The minimum absolute atomic E-state index is 0.106. The first kappa shape index (κ1) is 18.0. The van der Waals surface area contributed by atoms with Crippen LogP contribution >= 0.6 is 0 Å². The lowest BCUT2D eigenvalue weighted by Gasteiger charge is -2.26. The van der Waals surface area contributed by atoms with Crippen molar-refractivity contribution < 1.29 is 4.79 Å². The lowest BCUT2D eigenvalue weighted by molar-refractivity contribution is -0.127. The van der Waals surface area contributed by atoms with E-state index in [0.29, 0.717) is 0 Å². The van der Waals surface area contributed by atoms with Gasteiger partial charge in [0.25, 0.3) is 0 Å². The maximum atomic E-state index is 11.3. The first-order chi connectivity index (χ1) is 10.5. The molecule has 1 heterocycles. The zero-order chi connectivity index (χ0) is 16.5. The number of allylic oxidation sites excluding steroid dienone is 1. The van der Waals surface area contributed by atoms with Gasteiger partial charge in [0.1, 0.15) is 0 Å². The summed E-state index contributed by atoms with van der Waals surface area (Å²) in [4.78, 5) is 19.5. The number of pyridine rings is 1. The summed E-state index contributed by atoms with van der Waals surface area (Å²) in [6.45, 7) is 12.4. The molecule has 0 bridgehead atoms. The van der Waals surface area contributed by atoms with E-state index < -0.39 is 0 Å². The van der Waals surface area contributed by atoms with E-state index in [-0.39, 0.29) is 5.91 Å². The molecule has 0 unspecified atom stereocenters. The number of likely N-dealkylation sites (N-methyl/N-ethyl adjacent to an activating group) is 1. The Kier molecular flexibility index (Phi) is 7.37. The molecule has 22 heavy (non-hydrogen) atoms. The minimum Gasteiger partial charge on any atom is -0.371 e. The predicted octanol–water partition coefficient (Wildman–Crippen LogP) is 1.37. The fourth-order valence-electron chi connectivity index (χ4n) is 2.31. The van der Waals surface area contributed by atoms with Gasteiger partial charge < -0.3 is 9.80 Å². The van der Waals surface area contributed by atoms with Gasteiger partial charge in [-0.15, -0.1) is 0 Å². The molecule has 1 amide bonds. The summed E-state index contributed by atoms with van der Waals surface area (Å²) in [6.07, 6.45) is 8.67. The Hall–Kier alpha value is -2.10. The molecule has 0 aliphatic rings. The molecule has 1 aromatic rings. The Labute approximate surface area is 133 Å². The summed E-state index contributed by atoms with van der Waals surface area (Å²) >= 11 is 0. The smallest absolute Gasteiger partial charge is 0.219 e. The predicted molar refractivity (Wildman–Crippen MR) is 92.4 cm³/mol. The van der Waals surface area contributed by atoms with Gasteiger partial charge in [0.05, 0.1) is 0 Å². The number of aromatic nitrogens is 1. The molecule has 1 aromatic heterocycles. The molecule has 0 spiro atoms. The number of hydrogen-bond acceptors (Lipinski definition) is 3. The Morgan fingerprint density at radius 2 is 2.14 bits per heavy atom. The number of rotatable bonds is 7. The molecule has 120 valence electrons. The second kappa shape index (κ2) is 9.03. The summed E-state index contributed by atoms with van der Waals surface area (Å²) in [5, 5.41) is 2.03. The van der Waals surface area contributed by atoms with Crippen molar-refractivity contribution in [2.45, 2.75) is 27.2 Å². The molecule has 0 saturated carbocycles. The third kappa shape index (κ3) is 5.02. The maximum Gasteiger partial charge on any atom is 0.219 e. The van der Waals surface area contributed by atoms with E-state index in [4.69, 9.17) is 0 Å². The first-order valence-corrected chi connectivity index (χ1v) is 7.73. The summed E-state index contributed by atoms with van der Waals surface area (Å²) < 4.78 is 0. The molecule has 4 nitrogen and oxygen atoms in total. The molecule has 1 rings (SSSR count). The fraction of sp³-hybridized carbons (Fsp3) is 0.444. The normalized spacial score (nSPS) is 12.4. The molecule has 0 saturated heterocycles. The zero-order valence-corrected chi connectivity index (χ0v) is 14.2. The van der Waals surface area contributed by atoms with Crippen LogP contribution in [-0.2, 0) is 4.79 Å². The van der Waals surface area contributed by atoms with Crippen molar-refractivity contribution in [2.24, 2.45) is 0 Å². The Balaban J connectivity index is 2.99. The third-order valence-corrected chi connectivity index (χ3v) is 3.69. The van der Waals surface area contributed by atoms with Gasteiger partial charge in [-0.05, 0) is 37.6 Å². The minimum atomic E-state index is 0.106. The van der Waals surface area contributed by atoms with Crippen LogP contribution in [0.5, 0.6) is 0 Å². The van der Waals surface area contributed by atoms with E-state index >= 15 is 0 Å². The Morgan fingerprint density at radius 1 is 1.41 bits per heavy atom. The molecular weight excluding hydrogens is 274 g/mol. The molecule has 0 aliphatic carbocycles. The average Bonchev–Trinajstić information content (AvgIpc) is 2.50. The standard InChI is InChI=1S/C18H27N3O/c1-6-9-18(17-10-11-19-14-15(17)3)21(7-2)13-8-12-20(5)16(4)22/h6,9-11,14H,3,7-8,12-13H2,1-2,4-5H3/b9-6-,18-17+. The monoisotopic (exact) mass is 301 g/mol. The third-order valence-electron chi connectivity index (χ3n) is 3.69. The highest BCUT2D eigenvalue weighted by Gasteiger charge is 2.08. The Morgan fingerprint density at radius 3 is 2.68 bits per heavy atom. The van der Waals surface area contributed by atoms with E-state index in [0.717, 1.165) is 42.2 Å². The number of amides is 1. The zero-order valence-electron chi connectivity index (χ0n) is 14.2. The van der Waals surface area contributed by atoms with Crippen molar-refractivity contribution in [1.82, 2.24) is 14.8 Å². The van der Waals surface area contributed by atoms with Crippen molar-refractivity contribution in [3.05, 3.63) is 41.0 Å². The lowest BCUT2D eigenvalue weighted by Crippen LogP contribution is -2.35.